The summed E-state index contributed by atoms with van der Waals surface area (Å²) in [4.78, 5) is 23.0. The first-order valence-electron chi connectivity index (χ1n) is 5.82. The van der Waals surface area contributed by atoms with Crippen LogP contribution in [-0.2, 0) is 9.59 Å². The lowest BCUT2D eigenvalue weighted by molar-refractivity contribution is -0.134. The highest BCUT2D eigenvalue weighted by atomic mass is 16.4. The lowest BCUT2D eigenvalue weighted by Gasteiger charge is -2.03. The topological polar surface area (TPSA) is 122 Å². The van der Waals surface area contributed by atoms with Crippen LogP contribution in [0.4, 0.5) is 0 Å². The number of carbonyl (C=O) groups is 2. The van der Waals surface area contributed by atoms with Crippen molar-refractivity contribution in [3.8, 4) is 0 Å². The van der Waals surface area contributed by atoms with Gasteiger partial charge < -0.3 is 30.2 Å². The van der Waals surface area contributed by atoms with Gasteiger partial charge in [-0.15, -0.1) is 0 Å². The van der Waals surface area contributed by atoms with Gasteiger partial charge in [0.25, 0.3) is 0 Å². The van der Waals surface area contributed by atoms with Crippen LogP contribution in [-0.4, -0.2) is 96.7 Å². The molecule has 4 N–H and O–H groups in total. The summed E-state index contributed by atoms with van der Waals surface area (Å²) in [5.41, 5.74) is 0. The second kappa shape index (κ2) is 17.5. The molecule has 0 rings (SSSR count). The Morgan fingerprint density at radius 1 is 0.800 bits per heavy atom. The van der Waals surface area contributed by atoms with Crippen LogP contribution in [0.5, 0.6) is 0 Å². The second-order valence-electron chi connectivity index (χ2n) is 4.06. The first kappa shape index (κ1) is 23.6. The standard InChI is InChI=1S/2C4H11NO.C4H4O4/c2*1-5(2)3-4-6;5-3(6)1-2-4(7)8/h2*6H,3-4H2,1-2H3;1-2H,(H,5,6)(H,7,8)/b;;2-1+. The number of nitrogens with zero attached hydrogens (tertiary/aromatic N) is 2. The lowest BCUT2D eigenvalue weighted by Crippen LogP contribution is -2.15. The van der Waals surface area contributed by atoms with Crippen molar-refractivity contribution in [1.29, 1.82) is 0 Å². The molecule has 20 heavy (non-hydrogen) atoms. The number of aliphatic hydroxyl groups is 2. The van der Waals surface area contributed by atoms with E-state index in [4.69, 9.17) is 20.4 Å². The molecule has 0 aromatic rings. The number of carboxylic acids is 2. The van der Waals surface area contributed by atoms with Crippen LogP contribution in [0.25, 0.3) is 0 Å². The third kappa shape index (κ3) is 43.9. The molecule has 0 atom stereocenters. The van der Waals surface area contributed by atoms with E-state index in [1.807, 2.05) is 38.0 Å². The number of aliphatic carboxylic acids is 2. The smallest absolute Gasteiger partial charge is 0.328 e. The number of rotatable bonds is 6. The van der Waals surface area contributed by atoms with Gasteiger partial charge in [-0.2, -0.15) is 0 Å². The predicted octanol–water partition coefficient (Wildman–Crippen LogP) is -1.21. The predicted molar refractivity (Wildman–Crippen MR) is 75.7 cm³/mol. The average molecular weight is 294 g/mol. The van der Waals surface area contributed by atoms with Crippen LogP contribution < -0.4 is 0 Å². The Kier molecular flexibility index (Phi) is 20.7. The SMILES string of the molecule is CN(C)CCO.CN(C)CCO.O=C(O)/C=C/C(=O)O. The summed E-state index contributed by atoms with van der Waals surface area (Å²) in [7, 11) is 7.71. The molecule has 0 aliphatic rings. The van der Waals surface area contributed by atoms with Crippen LogP contribution in [0.3, 0.4) is 0 Å². The Labute approximate surface area is 119 Å². The molecular formula is C12H26N2O6. The molecule has 0 heterocycles. The van der Waals surface area contributed by atoms with Crippen LogP contribution in [0.1, 0.15) is 0 Å². The largest absolute Gasteiger partial charge is 0.478 e. The molecule has 0 aliphatic heterocycles. The van der Waals surface area contributed by atoms with Gasteiger partial charge in [-0.3, -0.25) is 0 Å². The molecule has 0 aromatic heterocycles. The zero-order valence-corrected chi connectivity index (χ0v) is 12.5. The lowest BCUT2D eigenvalue weighted by atomic mass is 10.5. The Morgan fingerprint density at radius 3 is 1.10 bits per heavy atom. The van der Waals surface area contributed by atoms with Gasteiger partial charge in [-0.25, -0.2) is 9.59 Å². The van der Waals surface area contributed by atoms with Crippen LogP contribution >= 0.6 is 0 Å². The minimum Gasteiger partial charge on any atom is -0.478 e. The van der Waals surface area contributed by atoms with E-state index in [9.17, 15) is 9.59 Å². The van der Waals surface area contributed by atoms with E-state index < -0.39 is 11.9 Å². The molecule has 0 radical (unpaired) electrons. The van der Waals surface area contributed by atoms with Crippen LogP contribution in [0, 0.1) is 0 Å². The molecule has 120 valence electrons. The number of aliphatic hydroxyl groups excluding tert-OH is 2. The molecule has 0 aromatic carbocycles. The average Bonchev–Trinajstić information content (AvgIpc) is 2.27. The molecule has 8 heteroatoms. The maximum Gasteiger partial charge on any atom is 0.328 e. The first-order valence-corrected chi connectivity index (χ1v) is 5.82. The van der Waals surface area contributed by atoms with Gasteiger partial charge in [-0.05, 0) is 28.2 Å². The highest BCUT2D eigenvalue weighted by Gasteiger charge is 1.88. The third-order valence-corrected chi connectivity index (χ3v) is 1.46. The van der Waals surface area contributed by atoms with Gasteiger partial charge in [-0.1, -0.05) is 0 Å². The number of carboxylic acid groups (broad SMARTS) is 2. The Bertz CT molecular complexity index is 241. The zero-order chi connectivity index (χ0) is 16.6. The zero-order valence-electron chi connectivity index (χ0n) is 12.5. The summed E-state index contributed by atoms with van der Waals surface area (Å²) in [5.74, 6) is -2.51. The van der Waals surface area contributed by atoms with E-state index in [1.165, 1.54) is 0 Å². The molecule has 0 saturated heterocycles. The minimum atomic E-state index is -1.26. The van der Waals surface area contributed by atoms with E-state index in [-0.39, 0.29) is 13.2 Å². The molecular weight excluding hydrogens is 268 g/mol. The minimum absolute atomic E-state index is 0.257. The fraction of sp³-hybridized carbons (Fsp3) is 0.667. The summed E-state index contributed by atoms with van der Waals surface area (Å²) in [6.07, 6.45) is 1.12. The highest BCUT2D eigenvalue weighted by molar-refractivity contribution is 5.89. The summed E-state index contributed by atoms with van der Waals surface area (Å²) in [6, 6.07) is 0. The van der Waals surface area contributed by atoms with Gasteiger partial charge in [0, 0.05) is 25.2 Å². The number of hydrogen-bond acceptors (Lipinski definition) is 6. The summed E-state index contributed by atoms with van der Waals surface area (Å²) in [5, 5.41) is 32.0. The summed E-state index contributed by atoms with van der Waals surface area (Å²) < 4.78 is 0. The maximum absolute atomic E-state index is 9.55. The molecule has 8 nitrogen and oxygen atoms in total. The van der Waals surface area contributed by atoms with Crippen LogP contribution in [0.2, 0.25) is 0 Å². The van der Waals surface area contributed by atoms with E-state index >= 15 is 0 Å². The normalized spacial score (nSPS) is 9.80. The van der Waals surface area contributed by atoms with Crippen LogP contribution in [0.15, 0.2) is 12.2 Å². The van der Waals surface area contributed by atoms with Crippen molar-refractivity contribution in [2.45, 2.75) is 0 Å². The Balaban J connectivity index is -0.000000221. The van der Waals surface area contributed by atoms with E-state index in [2.05, 4.69) is 0 Å². The molecule has 0 amide bonds. The fourth-order valence-corrected chi connectivity index (χ4v) is 0.543. The van der Waals surface area contributed by atoms with E-state index in [0.29, 0.717) is 12.2 Å². The van der Waals surface area contributed by atoms with Crippen molar-refractivity contribution in [3.63, 3.8) is 0 Å². The highest BCUT2D eigenvalue weighted by Crippen LogP contribution is 1.70. The fourth-order valence-electron chi connectivity index (χ4n) is 0.543. The molecule has 0 fully saturated rings. The molecule has 0 unspecified atom stereocenters. The maximum atomic E-state index is 9.55. The van der Waals surface area contributed by atoms with Gasteiger partial charge in [0.15, 0.2) is 0 Å². The van der Waals surface area contributed by atoms with Crippen molar-refractivity contribution < 1.29 is 30.0 Å². The van der Waals surface area contributed by atoms with Crippen molar-refractivity contribution in [1.82, 2.24) is 9.80 Å². The van der Waals surface area contributed by atoms with E-state index in [1.54, 1.807) is 0 Å². The summed E-state index contributed by atoms with van der Waals surface area (Å²) in [6.45, 7) is 2.04. The molecule has 0 aliphatic carbocycles. The quantitative estimate of drug-likeness (QED) is 0.450. The first-order chi connectivity index (χ1) is 9.17. The van der Waals surface area contributed by atoms with Crippen molar-refractivity contribution >= 4 is 11.9 Å². The van der Waals surface area contributed by atoms with Crippen molar-refractivity contribution in [2.75, 3.05) is 54.5 Å². The van der Waals surface area contributed by atoms with Gasteiger partial charge in [0.2, 0.25) is 0 Å². The summed E-state index contributed by atoms with van der Waals surface area (Å²) >= 11 is 0. The van der Waals surface area contributed by atoms with Crippen molar-refractivity contribution in [2.24, 2.45) is 0 Å². The monoisotopic (exact) mass is 294 g/mol. The Morgan fingerprint density at radius 2 is 1.05 bits per heavy atom. The number of hydrogen-bond donors (Lipinski definition) is 4. The second-order valence-corrected chi connectivity index (χ2v) is 4.06. The third-order valence-electron chi connectivity index (χ3n) is 1.46. The molecule has 0 saturated carbocycles. The van der Waals surface area contributed by atoms with Gasteiger partial charge in [0.05, 0.1) is 13.2 Å². The Hall–Kier alpha value is -1.48. The molecule has 0 bridgehead atoms. The van der Waals surface area contributed by atoms with Crippen molar-refractivity contribution in [3.05, 3.63) is 12.2 Å². The molecule has 0 spiro atoms. The van der Waals surface area contributed by atoms with Gasteiger partial charge >= 0.3 is 11.9 Å². The number of likely N-dealkylation sites (N-methyl/N-ethyl adjacent to an activating group) is 2. The van der Waals surface area contributed by atoms with E-state index in [0.717, 1.165) is 13.1 Å². The van der Waals surface area contributed by atoms with Gasteiger partial charge in [0.1, 0.15) is 0 Å².